The van der Waals surface area contributed by atoms with Crippen LogP contribution in [0.2, 0.25) is 39.3 Å². The van der Waals surface area contributed by atoms with Crippen LogP contribution >= 0.6 is 0 Å². The number of nitrogens with one attached hydrogen (secondary N) is 1. The molecular formula is C16H26F3NO3Si2. The number of carbonyl (C=O) groups is 1. The van der Waals surface area contributed by atoms with Crippen molar-refractivity contribution in [1.82, 2.24) is 5.32 Å². The van der Waals surface area contributed by atoms with E-state index in [1.807, 2.05) is 50.7 Å². The predicted molar refractivity (Wildman–Crippen MR) is 96.7 cm³/mol. The van der Waals surface area contributed by atoms with Gasteiger partial charge in [-0.3, -0.25) is 4.79 Å². The number of hydrogen-bond donors (Lipinski definition) is 1. The molecule has 0 heterocycles. The van der Waals surface area contributed by atoms with Gasteiger partial charge in [-0.1, -0.05) is 12.1 Å². The highest BCUT2D eigenvalue weighted by Crippen LogP contribution is 2.27. The number of hydrogen-bond acceptors (Lipinski definition) is 3. The summed E-state index contributed by atoms with van der Waals surface area (Å²) in [7, 11) is -3.86. The Kier molecular flexibility index (Phi) is 6.88. The van der Waals surface area contributed by atoms with Crippen LogP contribution in [0.5, 0.6) is 5.75 Å². The van der Waals surface area contributed by atoms with Gasteiger partial charge in [0.1, 0.15) is 5.75 Å². The third-order valence-corrected chi connectivity index (χ3v) is 4.69. The van der Waals surface area contributed by atoms with Crippen LogP contribution in [0.15, 0.2) is 24.3 Å². The first-order valence-corrected chi connectivity index (χ1v) is 14.8. The average Bonchev–Trinajstić information content (AvgIpc) is 2.39. The van der Waals surface area contributed by atoms with Crippen molar-refractivity contribution in [1.29, 1.82) is 0 Å². The Morgan fingerprint density at radius 1 is 1.12 bits per heavy atom. The lowest BCUT2D eigenvalue weighted by atomic mass is 10.1. The second-order valence-electron chi connectivity index (χ2n) is 7.71. The molecule has 4 nitrogen and oxygen atoms in total. The minimum absolute atomic E-state index is 0.251. The molecule has 1 unspecified atom stereocenters. The maximum absolute atomic E-state index is 12.4. The highest BCUT2D eigenvalue weighted by molar-refractivity contribution is 6.70. The van der Waals surface area contributed by atoms with Gasteiger partial charge < -0.3 is 14.2 Å². The fourth-order valence-corrected chi connectivity index (χ4v) is 3.98. The molecule has 0 radical (unpaired) electrons. The molecule has 9 heteroatoms. The molecule has 142 valence electrons. The average molecular weight is 394 g/mol. The molecule has 1 aromatic carbocycles. The van der Waals surface area contributed by atoms with Gasteiger partial charge in [0.15, 0.2) is 8.32 Å². The number of alkyl halides is 3. The summed E-state index contributed by atoms with van der Waals surface area (Å²) in [4.78, 5) is 11.1. The number of benzene rings is 1. The Bertz CT molecular complexity index is 596. The number of halogens is 3. The lowest BCUT2D eigenvalue weighted by Gasteiger charge is -2.28. The molecule has 0 saturated carbocycles. The molecular weight excluding hydrogens is 367 g/mol. The second kappa shape index (κ2) is 7.92. The van der Waals surface area contributed by atoms with Gasteiger partial charge in [0, 0.05) is 6.54 Å². The topological polar surface area (TPSA) is 47.6 Å². The van der Waals surface area contributed by atoms with Crippen molar-refractivity contribution in [2.24, 2.45) is 0 Å². The summed E-state index contributed by atoms with van der Waals surface area (Å²) in [5.74, 6) is -1.31. The van der Waals surface area contributed by atoms with Crippen LogP contribution in [0.1, 0.15) is 11.7 Å². The summed E-state index contributed by atoms with van der Waals surface area (Å²) < 4.78 is 49.2. The summed E-state index contributed by atoms with van der Waals surface area (Å²) in [5, 5.41) is 1.91. The minimum atomic E-state index is -4.91. The van der Waals surface area contributed by atoms with E-state index in [-0.39, 0.29) is 6.54 Å². The van der Waals surface area contributed by atoms with Crippen molar-refractivity contribution in [3.63, 3.8) is 0 Å². The van der Waals surface area contributed by atoms with E-state index in [4.69, 9.17) is 8.85 Å². The summed E-state index contributed by atoms with van der Waals surface area (Å²) in [6.07, 6.45) is -5.57. The molecule has 0 spiro atoms. The predicted octanol–water partition coefficient (Wildman–Crippen LogP) is 4.47. The Hall–Kier alpha value is -1.33. The molecule has 0 saturated heterocycles. The van der Waals surface area contributed by atoms with E-state index < -0.39 is 34.8 Å². The molecule has 1 amide bonds. The fraction of sp³-hybridized carbons (Fsp3) is 0.562. The van der Waals surface area contributed by atoms with E-state index in [0.29, 0.717) is 11.3 Å². The van der Waals surface area contributed by atoms with E-state index >= 15 is 0 Å². The SMILES string of the molecule is C[Si](C)(C)Oc1cccc(C(CNC(=O)C(F)(F)F)O[Si](C)(C)C)c1. The number of rotatable bonds is 7. The van der Waals surface area contributed by atoms with Gasteiger partial charge in [0.2, 0.25) is 8.32 Å². The van der Waals surface area contributed by atoms with E-state index in [0.717, 1.165) is 0 Å². The number of amides is 1. The summed E-state index contributed by atoms with van der Waals surface area (Å²) in [5.41, 5.74) is 0.681. The second-order valence-corrected chi connectivity index (χ2v) is 16.6. The molecule has 1 rings (SSSR count). The van der Waals surface area contributed by atoms with Crippen LogP contribution in [-0.4, -0.2) is 35.3 Å². The van der Waals surface area contributed by atoms with E-state index in [1.165, 1.54) is 0 Å². The normalized spacial score (nSPS) is 14.1. The maximum Gasteiger partial charge on any atom is 0.471 e. The Labute approximate surface area is 149 Å². The minimum Gasteiger partial charge on any atom is -0.544 e. The molecule has 0 aliphatic heterocycles. The van der Waals surface area contributed by atoms with Crippen LogP contribution in [0.3, 0.4) is 0 Å². The van der Waals surface area contributed by atoms with Gasteiger partial charge in [0.25, 0.3) is 0 Å². The first-order chi connectivity index (χ1) is 11.2. The largest absolute Gasteiger partial charge is 0.544 e. The van der Waals surface area contributed by atoms with Gasteiger partial charge in [0.05, 0.1) is 6.10 Å². The maximum atomic E-state index is 12.4. The van der Waals surface area contributed by atoms with Crippen molar-refractivity contribution in [3.8, 4) is 5.75 Å². The van der Waals surface area contributed by atoms with Crippen LogP contribution < -0.4 is 9.74 Å². The van der Waals surface area contributed by atoms with Crippen LogP contribution in [0.25, 0.3) is 0 Å². The fourth-order valence-electron chi connectivity index (χ4n) is 2.07. The smallest absolute Gasteiger partial charge is 0.471 e. The molecule has 1 N–H and O–H groups in total. The van der Waals surface area contributed by atoms with Gasteiger partial charge in [-0.25, -0.2) is 0 Å². The van der Waals surface area contributed by atoms with Gasteiger partial charge in [-0.15, -0.1) is 0 Å². The molecule has 0 fully saturated rings. The molecule has 0 aliphatic rings. The zero-order chi connectivity index (χ0) is 19.5. The quantitative estimate of drug-likeness (QED) is 0.695. The Balaban J connectivity index is 3.00. The summed E-state index contributed by atoms with van der Waals surface area (Å²) in [6, 6.07) is 7.11. The first-order valence-electron chi connectivity index (χ1n) is 7.99. The lowest BCUT2D eigenvalue weighted by molar-refractivity contribution is -0.173. The third kappa shape index (κ3) is 8.55. The lowest BCUT2D eigenvalue weighted by Crippen LogP contribution is -2.41. The van der Waals surface area contributed by atoms with E-state index in [9.17, 15) is 18.0 Å². The molecule has 1 aromatic rings. The Morgan fingerprint density at radius 3 is 2.20 bits per heavy atom. The van der Waals surface area contributed by atoms with Crippen LogP contribution in [0.4, 0.5) is 13.2 Å². The van der Waals surface area contributed by atoms with Crippen LogP contribution in [-0.2, 0) is 9.22 Å². The van der Waals surface area contributed by atoms with Crippen molar-refractivity contribution in [3.05, 3.63) is 29.8 Å². The van der Waals surface area contributed by atoms with Gasteiger partial charge >= 0.3 is 12.1 Å². The first kappa shape index (κ1) is 21.7. The summed E-state index contributed by atoms with van der Waals surface area (Å²) >= 11 is 0. The molecule has 0 aliphatic carbocycles. The van der Waals surface area contributed by atoms with Gasteiger partial charge in [-0.05, 0) is 57.0 Å². The zero-order valence-corrected chi connectivity index (χ0v) is 17.5. The summed E-state index contributed by atoms with van der Waals surface area (Å²) in [6.45, 7) is 11.7. The molecule has 25 heavy (non-hydrogen) atoms. The highest BCUT2D eigenvalue weighted by Gasteiger charge is 2.39. The van der Waals surface area contributed by atoms with E-state index in [1.54, 1.807) is 18.2 Å². The monoisotopic (exact) mass is 393 g/mol. The molecule has 0 aromatic heterocycles. The number of carbonyl (C=O) groups excluding carboxylic acids is 1. The van der Waals surface area contributed by atoms with Crippen molar-refractivity contribution in [2.75, 3.05) is 6.54 Å². The zero-order valence-electron chi connectivity index (χ0n) is 15.5. The van der Waals surface area contributed by atoms with Gasteiger partial charge in [-0.2, -0.15) is 13.2 Å². The molecule has 0 bridgehead atoms. The van der Waals surface area contributed by atoms with Crippen molar-refractivity contribution >= 4 is 22.5 Å². The van der Waals surface area contributed by atoms with E-state index in [2.05, 4.69) is 0 Å². The van der Waals surface area contributed by atoms with Crippen molar-refractivity contribution < 1.29 is 26.8 Å². The molecule has 1 atom stereocenters. The third-order valence-electron chi connectivity index (χ3n) is 2.86. The highest BCUT2D eigenvalue weighted by atomic mass is 28.4. The standard InChI is InChI=1S/C16H26F3NO3Si2/c1-24(2,3)22-13-9-7-8-12(10-13)14(23-25(4,5)6)11-20-15(21)16(17,18)19/h7-10,14H,11H2,1-6H3,(H,20,21). The van der Waals surface area contributed by atoms with Crippen molar-refractivity contribution in [2.45, 2.75) is 51.6 Å². The van der Waals surface area contributed by atoms with Crippen LogP contribution in [0, 0.1) is 0 Å². The Morgan fingerprint density at radius 2 is 1.72 bits per heavy atom.